The number of carbonyl (C=O) groups excluding carboxylic acids is 1. The van der Waals surface area contributed by atoms with E-state index in [1.165, 1.54) is 5.56 Å². The fourth-order valence-electron chi connectivity index (χ4n) is 3.87. The molecule has 1 amide bonds. The lowest BCUT2D eigenvalue weighted by Crippen LogP contribution is -2.44. The first-order valence-electron chi connectivity index (χ1n) is 9.70. The van der Waals surface area contributed by atoms with Crippen LogP contribution in [0.2, 0.25) is 0 Å². The van der Waals surface area contributed by atoms with Crippen molar-refractivity contribution in [3.05, 3.63) is 47.4 Å². The second-order valence-electron chi connectivity index (χ2n) is 7.49. The van der Waals surface area contributed by atoms with Gasteiger partial charge in [0, 0.05) is 31.4 Å². The van der Waals surface area contributed by atoms with Gasteiger partial charge >= 0.3 is 0 Å². The van der Waals surface area contributed by atoms with Gasteiger partial charge in [-0.2, -0.15) is 5.10 Å². The van der Waals surface area contributed by atoms with Gasteiger partial charge in [-0.15, -0.1) is 0 Å². The molecule has 3 aromatic rings. The Morgan fingerprint density at radius 2 is 1.96 bits per heavy atom. The second-order valence-corrected chi connectivity index (χ2v) is 7.49. The number of rotatable bonds is 4. The van der Waals surface area contributed by atoms with Crippen molar-refractivity contribution in [2.45, 2.75) is 45.6 Å². The van der Waals surface area contributed by atoms with Crippen LogP contribution >= 0.6 is 0 Å². The average molecular weight is 379 g/mol. The van der Waals surface area contributed by atoms with Crippen molar-refractivity contribution in [3.63, 3.8) is 0 Å². The van der Waals surface area contributed by atoms with Crippen LogP contribution in [0.1, 0.15) is 42.5 Å². The number of ether oxygens (including phenoxy) is 1. The molecule has 1 saturated heterocycles. The molecular weight excluding hydrogens is 354 g/mol. The summed E-state index contributed by atoms with van der Waals surface area (Å²) < 4.78 is 5.95. The number of benzene rings is 1. The lowest BCUT2D eigenvalue weighted by molar-refractivity contribution is -0.139. The van der Waals surface area contributed by atoms with E-state index >= 15 is 0 Å². The molecule has 0 unspecified atom stereocenters. The van der Waals surface area contributed by atoms with Crippen molar-refractivity contribution >= 4 is 17.1 Å². The van der Waals surface area contributed by atoms with Crippen LogP contribution in [-0.4, -0.2) is 50.2 Å². The van der Waals surface area contributed by atoms with E-state index in [9.17, 15) is 4.79 Å². The van der Waals surface area contributed by atoms with Gasteiger partial charge < -0.3 is 9.64 Å². The smallest absolute Gasteiger partial charge is 0.263 e. The number of nitrogens with one attached hydrogen (secondary N) is 1. The molecule has 0 bridgehead atoms. The minimum atomic E-state index is -0.503. The topological polar surface area (TPSA) is 84.0 Å². The average Bonchev–Trinajstić information content (AvgIpc) is 3.14. The fraction of sp³-hybridized carbons (Fsp3) is 0.429. The van der Waals surface area contributed by atoms with E-state index in [2.05, 4.69) is 26.2 Å². The summed E-state index contributed by atoms with van der Waals surface area (Å²) in [6.07, 6.45) is 4.57. The summed E-state index contributed by atoms with van der Waals surface area (Å²) >= 11 is 0. The Balaban J connectivity index is 1.38. The van der Waals surface area contributed by atoms with E-state index in [0.29, 0.717) is 24.7 Å². The minimum absolute atomic E-state index is 0.0349. The SMILES string of the molecule is Cc1ccc(O[C@@H](C)C(=O)N2CCC(c3[nH]nc4nccnc34)CC2)c(C)c1. The predicted molar refractivity (Wildman–Crippen MR) is 106 cm³/mol. The number of fused-ring (bicyclic) bond motifs is 1. The van der Waals surface area contributed by atoms with Crippen LogP contribution < -0.4 is 4.74 Å². The van der Waals surface area contributed by atoms with Crippen LogP contribution in [0.3, 0.4) is 0 Å². The number of hydrogen-bond donors (Lipinski definition) is 1. The van der Waals surface area contributed by atoms with Gasteiger partial charge in [-0.25, -0.2) is 9.97 Å². The normalized spacial score (nSPS) is 16.3. The van der Waals surface area contributed by atoms with Gasteiger partial charge in [0.1, 0.15) is 11.3 Å². The molecular formula is C21H25N5O2. The van der Waals surface area contributed by atoms with Gasteiger partial charge in [0.05, 0.1) is 5.69 Å². The molecule has 1 aromatic carbocycles. The number of amides is 1. The summed E-state index contributed by atoms with van der Waals surface area (Å²) in [5, 5.41) is 7.33. The van der Waals surface area contributed by atoms with Crippen LogP contribution in [0.25, 0.3) is 11.2 Å². The summed E-state index contributed by atoms with van der Waals surface area (Å²) in [6.45, 7) is 7.27. The van der Waals surface area contributed by atoms with E-state index in [1.54, 1.807) is 12.4 Å². The number of aromatic amines is 1. The van der Waals surface area contributed by atoms with Crippen molar-refractivity contribution in [1.82, 2.24) is 25.1 Å². The Labute approximate surface area is 164 Å². The first-order valence-corrected chi connectivity index (χ1v) is 9.70. The third-order valence-corrected chi connectivity index (χ3v) is 5.41. The van der Waals surface area contributed by atoms with E-state index in [-0.39, 0.29) is 5.91 Å². The van der Waals surface area contributed by atoms with Gasteiger partial charge in [-0.05, 0) is 45.2 Å². The van der Waals surface area contributed by atoms with E-state index in [4.69, 9.17) is 4.74 Å². The fourth-order valence-corrected chi connectivity index (χ4v) is 3.87. The Bertz CT molecular complexity index is 991. The monoisotopic (exact) mass is 379 g/mol. The standard InChI is InChI=1S/C21H25N5O2/c1-13-4-5-17(14(2)12-13)28-15(3)21(27)26-10-6-16(7-11-26)18-19-20(25-24-18)23-9-8-22-19/h4-5,8-9,12,15-16H,6-7,10-11H2,1-3H3,(H,23,24,25)/t15-/m0/s1. The van der Waals surface area contributed by atoms with Gasteiger partial charge in [-0.3, -0.25) is 9.89 Å². The van der Waals surface area contributed by atoms with Crippen LogP contribution in [0.15, 0.2) is 30.6 Å². The highest BCUT2D eigenvalue weighted by Gasteiger charge is 2.29. The predicted octanol–water partition coefficient (Wildman–Crippen LogP) is 3.14. The number of piperidine rings is 1. The summed E-state index contributed by atoms with van der Waals surface area (Å²) in [4.78, 5) is 23.4. The first kappa shape index (κ1) is 18.4. The molecule has 0 spiro atoms. The van der Waals surface area contributed by atoms with Gasteiger partial charge in [0.25, 0.3) is 5.91 Å². The molecule has 7 nitrogen and oxygen atoms in total. The molecule has 7 heteroatoms. The maximum atomic E-state index is 12.8. The van der Waals surface area contributed by atoms with Crippen molar-refractivity contribution in [1.29, 1.82) is 0 Å². The van der Waals surface area contributed by atoms with Gasteiger partial charge in [0.15, 0.2) is 11.8 Å². The molecule has 2 aromatic heterocycles. The molecule has 1 aliphatic rings. The highest BCUT2D eigenvalue weighted by Crippen LogP contribution is 2.30. The molecule has 0 radical (unpaired) electrons. The van der Waals surface area contributed by atoms with Crippen molar-refractivity contribution in [3.8, 4) is 5.75 Å². The number of hydrogen-bond acceptors (Lipinski definition) is 5. The van der Waals surface area contributed by atoms with Crippen molar-refractivity contribution in [2.24, 2.45) is 0 Å². The molecule has 1 fully saturated rings. The number of aryl methyl sites for hydroxylation is 2. The molecule has 0 aliphatic carbocycles. The van der Waals surface area contributed by atoms with Crippen LogP contribution in [0, 0.1) is 13.8 Å². The second kappa shape index (κ2) is 7.58. The van der Waals surface area contributed by atoms with Crippen LogP contribution in [0.4, 0.5) is 0 Å². The molecule has 146 valence electrons. The summed E-state index contributed by atoms with van der Waals surface area (Å²) in [6, 6.07) is 6.00. The van der Waals surface area contributed by atoms with E-state index < -0.39 is 6.10 Å². The van der Waals surface area contributed by atoms with Gasteiger partial charge in [-0.1, -0.05) is 17.7 Å². The lowest BCUT2D eigenvalue weighted by atomic mass is 9.93. The minimum Gasteiger partial charge on any atom is -0.481 e. The molecule has 0 saturated carbocycles. The maximum absolute atomic E-state index is 12.8. The van der Waals surface area contributed by atoms with Crippen LogP contribution in [-0.2, 0) is 4.79 Å². The third-order valence-electron chi connectivity index (χ3n) is 5.41. The Hall–Kier alpha value is -2.96. The number of likely N-dealkylation sites (tertiary alicyclic amines) is 1. The zero-order chi connectivity index (χ0) is 19.7. The van der Waals surface area contributed by atoms with Crippen molar-refractivity contribution < 1.29 is 9.53 Å². The number of H-pyrrole nitrogens is 1. The Morgan fingerprint density at radius 3 is 2.71 bits per heavy atom. The van der Waals surface area contributed by atoms with E-state index in [1.807, 2.05) is 37.8 Å². The zero-order valence-electron chi connectivity index (χ0n) is 16.5. The third kappa shape index (κ3) is 3.56. The highest BCUT2D eigenvalue weighted by molar-refractivity contribution is 5.81. The molecule has 1 atom stereocenters. The highest BCUT2D eigenvalue weighted by atomic mass is 16.5. The molecule has 1 aliphatic heterocycles. The number of nitrogens with zero attached hydrogens (tertiary/aromatic N) is 4. The molecule has 3 heterocycles. The molecule has 28 heavy (non-hydrogen) atoms. The lowest BCUT2D eigenvalue weighted by Gasteiger charge is -2.33. The Kier molecular flexibility index (Phi) is 4.98. The largest absolute Gasteiger partial charge is 0.481 e. The molecule has 1 N–H and O–H groups in total. The quantitative estimate of drug-likeness (QED) is 0.753. The maximum Gasteiger partial charge on any atom is 0.263 e. The Morgan fingerprint density at radius 1 is 1.21 bits per heavy atom. The van der Waals surface area contributed by atoms with Gasteiger partial charge in [0.2, 0.25) is 0 Å². The van der Waals surface area contributed by atoms with E-state index in [0.717, 1.165) is 35.4 Å². The zero-order valence-corrected chi connectivity index (χ0v) is 16.5. The summed E-state index contributed by atoms with van der Waals surface area (Å²) in [7, 11) is 0. The van der Waals surface area contributed by atoms with Crippen LogP contribution in [0.5, 0.6) is 5.75 Å². The first-order chi connectivity index (χ1) is 13.5. The molecule has 4 rings (SSSR count). The summed E-state index contributed by atoms with van der Waals surface area (Å²) in [5.41, 5.74) is 4.73. The summed E-state index contributed by atoms with van der Waals surface area (Å²) in [5.74, 6) is 1.11. The number of carbonyl (C=O) groups is 1. The van der Waals surface area contributed by atoms with Crippen molar-refractivity contribution in [2.75, 3.05) is 13.1 Å². The number of aromatic nitrogens is 4.